The largest absolute Gasteiger partial charge is 0.248 e. The maximum Gasteiger partial charge on any atom is 0.0730 e. The number of fused-ring (bicyclic) bond motifs is 6. The molecular weight excluding hydrogens is 468 g/mol. The van der Waals surface area contributed by atoms with Crippen molar-refractivity contribution >= 4 is 45.0 Å². The number of hydrogen-bond acceptors (Lipinski definition) is 3. The predicted molar refractivity (Wildman–Crippen MR) is 161 cm³/mol. The molecule has 0 unspecified atom stereocenters. The van der Waals surface area contributed by atoms with Crippen LogP contribution in [0.5, 0.6) is 0 Å². The molecule has 4 heterocycles. The van der Waals surface area contributed by atoms with E-state index in [4.69, 9.17) is 9.97 Å². The summed E-state index contributed by atoms with van der Waals surface area (Å²) in [4.78, 5) is 10.1. The Hall–Kier alpha value is -3.82. The standard InChI is InChI=1S/C34H30N2S/c1-19-15-21(3)31(22(4)16-19)33-27-11-9-25(35-27)7-8-26-10-12-28(36-26)34(30-14-13-29(33)37-30)32-23(5)17-20(2)18-24(32)6/h7-18H,1-6H3. The van der Waals surface area contributed by atoms with Gasteiger partial charge < -0.3 is 0 Å². The minimum absolute atomic E-state index is 0.949. The number of thiophene rings is 1. The van der Waals surface area contributed by atoms with Crippen molar-refractivity contribution in [1.82, 2.24) is 9.97 Å². The van der Waals surface area contributed by atoms with E-state index in [1.807, 2.05) is 11.3 Å². The van der Waals surface area contributed by atoms with Gasteiger partial charge in [0.15, 0.2) is 0 Å². The Morgan fingerprint density at radius 1 is 0.459 bits per heavy atom. The zero-order valence-electron chi connectivity index (χ0n) is 22.2. The lowest BCUT2D eigenvalue weighted by molar-refractivity contribution is 1.28. The molecule has 4 aromatic rings. The quantitative estimate of drug-likeness (QED) is 0.237. The first-order valence-corrected chi connectivity index (χ1v) is 13.6. The van der Waals surface area contributed by atoms with Gasteiger partial charge in [-0.1, -0.05) is 35.4 Å². The van der Waals surface area contributed by atoms with Crippen molar-refractivity contribution in [3.63, 3.8) is 0 Å². The molecule has 2 aliphatic heterocycles. The lowest BCUT2D eigenvalue weighted by Crippen LogP contribution is -1.92. The molecule has 0 N–H and O–H groups in total. The molecule has 3 heteroatoms. The van der Waals surface area contributed by atoms with E-state index in [0.717, 1.165) is 22.8 Å². The van der Waals surface area contributed by atoms with Crippen LogP contribution >= 0.6 is 11.3 Å². The average Bonchev–Trinajstić information content (AvgIpc) is 3.58. The van der Waals surface area contributed by atoms with Gasteiger partial charge in [0.05, 0.1) is 22.8 Å². The Bertz CT molecular complexity index is 1610. The van der Waals surface area contributed by atoms with Gasteiger partial charge in [-0.2, -0.15) is 0 Å². The summed E-state index contributed by atoms with van der Waals surface area (Å²) in [6.07, 6.45) is 8.51. The fraction of sp³-hybridized carbons (Fsp3) is 0.176. The van der Waals surface area contributed by atoms with Gasteiger partial charge in [-0.3, -0.25) is 0 Å². The second kappa shape index (κ2) is 8.93. The maximum atomic E-state index is 5.06. The highest BCUT2D eigenvalue weighted by Gasteiger charge is 2.19. The lowest BCUT2D eigenvalue weighted by atomic mass is 9.93. The molecule has 0 fully saturated rings. The van der Waals surface area contributed by atoms with E-state index < -0.39 is 0 Å². The molecule has 0 amide bonds. The predicted octanol–water partition coefficient (Wildman–Crippen LogP) is 9.53. The Morgan fingerprint density at radius 2 is 0.838 bits per heavy atom. The van der Waals surface area contributed by atoms with Crippen LogP contribution in [0.4, 0.5) is 0 Å². The summed E-state index contributed by atoms with van der Waals surface area (Å²) in [5.74, 6) is 0. The summed E-state index contributed by atoms with van der Waals surface area (Å²) in [6, 6.07) is 17.8. The number of aryl methyl sites for hydroxylation is 6. The number of hydrogen-bond donors (Lipinski definition) is 0. The molecule has 0 aliphatic carbocycles. The van der Waals surface area contributed by atoms with Crippen LogP contribution in [0.3, 0.4) is 0 Å². The van der Waals surface area contributed by atoms with Crippen LogP contribution in [0, 0.1) is 41.5 Å². The Morgan fingerprint density at radius 3 is 1.22 bits per heavy atom. The van der Waals surface area contributed by atoms with E-state index >= 15 is 0 Å². The molecular formula is C34H30N2S. The first-order chi connectivity index (χ1) is 17.8. The average molecular weight is 499 g/mol. The second-order valence-corrected chi connectivity index (χ2v) is 11.4. The molecule has 0 atom stereocenters. The van der Waals surface area contributed by atoms with Gasteiger partial charge in [0, 0.05) is 20.5 Å². The molecule has 37 heavy (non-hydrogen) atoms. The summed E-state index contributed by atoms with van der Waals surface area (Å²) in [7, 11) is 0. The van der Waals surface area contributed by atoms with Crippen molar-refractivity contribution in [2.75, 3.05) is 0 Å². The summed E-state index contributed by atoms with van der Waals surface area (Å²) >= 11 is 1.84. The number of benzene rings is 2. The zero-order chi connectivity index (χ0) is 25.8. The van der Waals surface area contributed by atoms with E-state index in [1.54, 1.807) is 0 Å². The fourth-order valence-corrected chi connectivity index (χ4v) is 7.03. The molecule has 2 aromatic heterocycles. The van der Waals surface area contributed by atoms with Crippen LogP contribution in [-0.2, 0) is 0 Å². The third kappa shape index (κ3) is 4.14. The van der Waals surface area contributed by atoms with Crippen LogP contribution in [0.2, 0.25) is 0 Å². The minimum atomic E-state index is 0.949. The number of rotatable bonds is 2. The van der Waals surface area contributed by atoms with Crippen molar-refractivity contribution in [1.29, 1.82) is 0 Å². The van der Waals surface area contributed by atoms with Crippen LogP contribution in [0.1, 0.15) is 56.2 Å². The van der Waals surface area contributed by atoms with E-state index in [1.165, 1.54) is 65.0 Å². The van der Waals surface area contributed by atoms with E-state index in [2.05, 4.69) is 114 Å². The van der Waals surface area contributed by atoms with Crippen molar-refractivity contribution in [3.8, 4) is 22.3 Å². The molecule has 2 aromatic carbocycles. The molecule has 182 valence electrons. The normalized spacial score (nSPS) is 12.4. The molecule has 0 spiro atoms. The molecule has 0 saturated heterocycles. The van der Waals surface area contributed by atoms with Gasteiger partial charge in [0.25, 0.3) is 0 Å². The van der Waals surface area contributed by atoms with Crippen molar-refractivity contribution in [3.05, 3.63) is 105 Å². The van der Waals surface area contributed by atoms with Gasteiger partial charge in [-0.05, 0) is 123 Å². The van der Waals surface area contributed by atoms with Crippen LogP contribution in [0.25, 0.3) is 56.0 Å². The highest BCUT2D eigenvalue weighted by Crippen LogP contribution is 2.42. The monoisotopic (exact) mass is 498 g/mol. The topological polar surface area (TPSA) is 25.8 Å². The second-order valence-electron chi connectivity index (χ2n) is 10.3. The first kappa shape index (κ1) is 23.6. The molecule has 6 bridgehead atoms. The Balaban J connectivity index is 1.79. The van der Waals surface area contributed by atoms with Gasteiger partial charge in [0.2, 0.25) is 0 Å². The fourth-order valence-electron chi connectivity index (χ4n) is 5.90. The molecule has 2 nitrogen and oxygen atoms in total. The number of aromatic nitrogens is 2. The van der Waals surface area contributed by atoms with Crippen molar-refractivity contribution < 1.29 is 0 Å². The SMILES string of the molecule is Cc1cc(C)c(-c2c3nc(ccc4nc(c(-c5c(C)cc(C)cc5C)c5ccc2s5)C=C4)C=C3)c(C)c1. The van der Waals surface area contributed by atoms with Crippen LogP contribution in [-0.4, -0.2) is 9.97 Å². The van der Waals surface area contributed by atoms with Gasteiger partial charge in [-0.15, -0.1) is 11.3 Å². The Labute approximate surface area is 223 Å². The molecule has 0 saturated carbocycles. The highest BCUT2D eigenvalue weighted by atomic mass is 32.1. The van der Waals surface area contributed by atoms with Crippen LogP contribution in [0.15, 0.2) is 48.5 Å². The molecule has 0 radical (unpaired) electrons. The highest BCUT2D eigenvalue weighted by molar-refractivity contribution is 7.24. The van der Waals surface area contributed by atoms with E-state index in [-0.39, 0.29) is 0 Å². The zero-order valence-corrected chi connectivity index (χ0v) is 23.0. The third-order valence-electron chi connectivity index (χ3n) is 7.21. The smallest absolute Gasteiger partial charge is 0.0730 e. The molecule has 2 aliphatic rings. The van der Waals surface area contributed by atoms with Gasteiger partial charge >= 0.3 is 0 Å². The van der Waals surface area contributed by atoms with Gasteiger partial charge in [0.1, 0.15) is 0 Å². The third-order valence-corrected chi connectivity index (χ3v) is 8.33. The van der Waals surface area contributed by atoms with Crippen molar-refractivity contribution in [2.24, 2.45) is 0 Å². The Kier molecular flexibility index (Phi) is 5.69. The molecule has 6 rings (SSSR count). The van der Waals surface area contributed by atoms with E-state index in [0.29, 0.717) is 0 Å². The van der Waals surface area contributed by atoms with E-state index in [9.17, 15) is 0 Å². The summed E-state index contributed by atoms with van der Waals surface area (Å²) < 4.78 is 2.45. The maximum absolute atomic E-state index is 5.06. The number of nitrogens with zero attached hydrogens (tertiary/aromatic N) is 2. The first-order valence-electron chi connectivity index (χ1n) is 12.8. The lowest BCUT2D eigenvalue weighted by Gasteiger charge is -2.13. The summed E-state index contributed by atoms with van der Waals surface area (Å²) in [5.41, 5.74) is 16.6. The van der Waals surface area contributed by atoms with Crippen LogP contribution < -0.4 is 0 Å². The van der Waals surface area contributed by atoms with Gasteiger partial charge in [-0.25, -0.2) is 9.97 Å². The summed E-state index contributed by atoms with van der Waals surface area (Å²) in [6.45, 7) is 13.2. The minimum Gasteiger partial charge on any atom is -0.248 e. The van der Waals surface area contributed by atoms with Crippen molar-refractivity contribution in [2.45, 2.75) is 41.5 Å². The summed E-state index contributed by atoms with van der Waals surface area (Å²) in [5, 5.41) is 0.